The van der Waals surface area contributed by atoms with Gasteiger partial charge in [-0.2, -0.15) is 0 Å². The molecule has 6 heteroatoms. The van der Waals surface area contributed by atoms with Crippen LogP contribution in [0.4, 0.5) is 0 Å². The highest BCUT2D eigenvalue weighted by molar-refractivity contribution is 8.01. The van der Waals surface area contributed by atoms with Crippen LogP contribution in [-0.2, 0) is 4.57 Å². The summed E-state index contributed by atoms with van der Waals surface area (Å²) in [4.78, 5) is 27.5. The van der Waals surface area contributed by atoms with E-state index >= 15 is 0 Å². The van der Waals surface area contributed by atoms with Gasteiger partial charge in [-0.15, -0.1) is 0 Å². The molecule has 0 spiro atoms. The topological polar surface area (TPSA) is 60.4 Å². The molecule has 0 saturated carbocycles. The van der Waals surface area contributed by atoms with Crippen LogP contribution in [0.3, 0.4) is 0 Å². The van der Waals surface area contributed by atoms with Crippen LogP contribution < -0.4 is 10.0 Å². The Morgan fingerprint density at radius 2 is 1.40 bits per heavy atom. The highest BCUT2D eigenvalue weighted by Crippen LogP contribution is 2.53. The average Bonchev–Trinajstić information content (AvgIpc) is 2.72. The number of hydrogen-bond donors (Lipinski definition) is 0. The van der Waals surface area contributed by atoms with Gasteiger partial charge in [0.2, 0.25) is 18.2 Å². The third-order valence-electron chi connectivity index (χ3n) is 4.99. The molecule has 0 amide bonds. The summed E-state index contributed by atoms with van der Waals surface area (Å²) < 4.78 is 19.7. The first-order valence-electron chi connectivity index (χ1n) is 9.37. The lowest BCUT2D eigenvalue weighted by Gasteiger charge is -2.20. The molecule has 0 aliphatic rings. The van der Waals surface area contributed by atoms with E-state index in [-0.39, 0.29) is 21.6 Å². The van der Waals surface area contributed by atoms with Gasteiger partial charge in [-0.3, -0.25) is 9.59 Å². The second kappa shape index (κ2) is 8.59. The minimum absolute atomic E-state index is 0.0513. The largest absolute Gasteiger partial charge is 0.496 e. The van der Waals surface area contributed by atoms with E-state index in [4.69, 9.17) is 16.3 Å². The first-order valence-corrected chi connectivity index (χ1v) is 11.5. The van der Waals surface area contributed by atoms with Crippen LogP contribution in [0.25, 0.3) is 0 Å². The van der Waals surface area contributed by atoms with E-state index in [0.29, 0.717) is 16.7 Å². The molecule has 0 aliphatic carbocycles. The Morgan fingerprint density at radius 1 is 0.833 bits per heavy atom. The summed E-state index contributed by atoms with van der Waals surface area (Å²) in [6, 6.07) is 16.5. The van der Waals surface area contributed by atoms with E-state index in [1.807, 2.05) is 19.1 Å². The smallest absolute Gasteiger partial charge is 0.248 e. The van der Waals surface area contributed by atoms with Gasteiger partial charge >= 0.3 is 0 Å². The summed E-state index contributed by atoms with van der Waals surface area (Å²) in [6.07, 6.45) is 0. The summed E-state index contributed by atoms with van der Waals surface area (Å²) in [5, 5.41) is 0.252. The van der Waals surface area contributed by atoms with Crippen molar-refractivity contribution in [3.63, 3.8) is 0 Å². The fourth-order valence-electron chi connectivity index (χ4n) is 3.68. The summed E-state index contributed by atoms with van der Waals surface area (Å²) >= 11 is 6.30. The molecular formula is C24H22ClO4P. The molecule has 1 atom stereocenters. The zero-order chi connectivity index (χ0) is 22.1. The van der Waals surface area contributed by atoms with Crippen LogP contribution in [0.15, 0.2) is 60.7 Å². The van der Waals surface area contributed by atoms with Crippen molar-refractivity contribution in [3.05, 3.63) is 93.5 Å². The number of rotatable bonds is 6. The molecule has 30 heavy (non-hydrogen) atoms. The third-order valence-corrected chi connectivity index (χ3v) is 7.92. The number of carbonyl (C=O) groups excluding carboxylic acids is 2. The minimum atomic E-state index is -4.28. The summed E-state index contributed by atoms with van der Waals surface area (Å²) in [6.45, 7) is 5.48. The maximum Gasteiger partial charge on any atom is 0.248 e. The number of methoxy groups -OCH3 is 1. The van der Waals surface area contributed by atoms with Gasteiger partial charge in [-0.05, 0) is 44.0 Å². The second-order valence-corrected chi connectivity index (χ2v) is 10.1. The zero-order valence-corrected chi connectivity index (χ0v) is 18.9. The first-order chi connectivity index (χ1) is 14.2. The Kier molecular flexibility index (Phi) is 6.30. The van der Waals surface area contributed by atoms with Gasteiger partial charge < -0.3 is 9.30 Å². The molecule has 154 valence electrons. The zero-order valence-electron chi connectivity index (χ0n) is 17.2. The molecule has 0 N–H and O–H groups in total. The second-order valence-electron chi connectivity index (χ2n) is 7.15. The Morgan fingerprint density at radius 3 is 1.97 bits per heavy atom. The quantitative estimate of drug-likeness (QED) is 0.445. The van der Waals surface area contributed by atoms with E-state index in [1.54, 1.807) is 56.3 Å². The van der Waals surface area contributed by atoms with Crippen molar-refractivity contribution in [2.24, 2.45) is 0 Å². The number of hydrogen-bond acceptors (Lipinski definition) is 4. The number of benzene rings is 3. The molecule has 0 radical (unpaired) electrons. The summed E-state index contributed by atoms with van der Waals surface area (Å²) in [7, 11) is -2.88. The maximum absolute atomic E-state index is 14.4. The van der Waals surface area contributed by atoms with Crippen molar-refractivity contribution >= 4 is 35.1 Å². The van der Waals surface area contributed by atoms with Crippen molar-refractivity contribution in [2.75, 3.05) is 7.11 Å². The normalized spacial score (nSPS) is 12.8. The van der Waals surface area contributed by atoms with Gasteiger partial charge in [0.1, 0.15) is 5.75 Å². The van der Waals surface area contributed by atoms with Crippen LogP contribution in [0, 0.1) is 20.8 Å². The van der Waals surface area contributed by atoms with Crippen molar-refractivity contribution in [1.29, 1.82) is 0 Å². The van der Waals surface area contributed by atoms with Gasteiger partial charge in [-0.1, -0.05) is 65.7 Å². The lowest BCUT2D eigenvalue weighted by molar-refractivity contribution is 0.103. The molecule has 3 aromatic carbocycles. The molecule has 1 unspecified atom stereocenters. The monoisotopic (exact) mass is 440 g/mol. The van der Waals surface area contributed by atoms with Crippen molar-refractivity contribution < 1.29 is 18.9 Å². The van der Waals surface area contributed by atoms with Crippen LogP contribution in [0.1, 0.15) is 37.4 Å². The van der Waals surface area contributed by atoms with Gasteiger partial charge in [0.05, 0.1) is 17.7 Å². The lowest BCUT2D eigenvalue weighted by Crippen LogP contribution is -2.22. The molecule has 0 bridgehead atoms. The van der Waals surface area contributed by atoms with Gasteiger partial charge in [0.25, 0.3) is 0 Å². The van der Waals surface area contributed by atoms with Crippen LogP contribution >= 0.6 is 18.7 Å². The third kappa shape index (κ3) is 3.74. The van der Waals surface area contributed by atoms with E-state index in [9.17, 15) is 14.2 Å². The SMILES string of the molecule is COc1cccc(Cl)c1C(=O)P(=O)(C(=O)c1c(C)cc(C)cc1C)c1ccccc1. The van der Waals surface area contributed by atoms with Crippen LogP contribution in [0.5, 0.6) is 5.75 Å². The Bertz CT molecular complexity index is 1160. The van der Waals surface area contributed by atoms with Gasteiger partial charge in [-0.25, -0.2) is 0 Å². The number of ether oxygens (including phenoxy) is 1. The predicted octanol–water partition coefficient (Wildman–Crippen LogP) is 5.94. The minimum Gasteiger partial charge on any atom is -0.496 e. The molecule has 4 nitrogen and oxygen atoms in total. The molecular weight excluding hydrogens is 419 g/mol. The number of carbonyl (C=O) groups is 2. The highest BCUT2D eigenvalue weighted by atomic mass is 35.5. The Hall–Kier alpha value is -2.68. The molecule has 3 aromatic rings. The molecule has 0 aliphatic heterocycles. The van der Waals surface area contributed by atoms with E-state index < -0.39 is 18.2 Å². The lowest BCUT2D eigenvalue weighted by atomic mass is 10.0. The number of aryl methyl sites for hydroxylation is 3. The van der Waals surface area contributed by atoms with E-state index in [1.165, 1.54) is 13.2 Å². The fourth-order valence-corrected chi connectivity index (χ4v) is 6.46. The van der Waals surface area contributed by atoms with Gasteiger partial charge in [0.15, 0.2) is 0 Å². The Labute approximate surface area is 181 Å². The number of halogens is 1. The highest BCUT2D eigenvalue weighted by Gasteiger charge is 2.45. The summed E-state index contributed by atoms with van der Waals surface area (Å²) in [5.74, 6) is 0.175. The van der Waals surface area contributed by atoms with Crippen molar-refractivity contribution in [1.82, 2.24) is 0 Å². The molecule has 0 heterocycles. The van der Waals surface area contributed by atoms with Crippen LogP contribution in [-0.4, -0.2) is 18.2 Å². The molecule has 3 rings (SSSR count). The molecule has 0 fully saturated rings. The van der Waals surface area contributed by atoms with Crippen molar-refractivity contribution in [3.8, 4) is 5.75 Å². The van der Waals surface area contributed by atoms with Gasteiger partial charge in [0, 0.05) is 10.9 Å². The summed E-state index contributed by atoms with van der Waals surface area (Å²) in [5.41, 5.74) is 1.04. The standard InChI is InChI=1S/C24H22ClO4P/c1-15-13-16(2)21(17(3)14-15)23(26)30(28,18-9-6-5-7-10-18)24(27)22-19(25)11-8-12-20(22)29-4/h5-14H,1-4H3. The van der Waals surface area contributed by atoms with Crippen molar-refractivity contribution in [2.45, 2.75) is 20.8 Å². The Balaban J connectivity index is 2.31. The molecule has 0 aromatic heterocycles. The van der Waals surface area contributed by atoms with E-state index in [2.05, 4.69) is 0 Å². The fraction of sp³-hybridized carbons (Fsp3) is 0.167. The average molecular weight is 441 g/mol. The van der Waals surface area contributed by atoms with E-state index in [0.717, 1.165) is 5.56 Å². The molecule has 0 saturated heterocycles. The predicted molar refractivity (Wildman–Crippen MR) is 121 cm³/mol. The first kappa shape index (κ1) is 22.0. The van der Waals surface area contributed by atoms with Crippen LogP contribution in [0.2, 0.25) is 5.02 Å². The maximum atomic E-state index is 14.4.